The van der Waals surface area contributed by atoms with Crippen molar-refractivity contribution in [2.75, 3.05) is 39.0 Å². The number of hydrogen-bond donors (Lipinski definition) is 2. The summed E-state index contributed by atoms with van der Waals surface area (Å²) >= 11 is 0. The van der Waals surface area contributed by atoms with Crippen LogP contribution in [0.25, 0.3) is 0 Å². The van der Waals surface area contributed by atoms with Crippen molar-refractivity contribution in [3.05, 3.63) is 23.8 Å². The van der Waals surface area contributed by atoms with Crippen LogP contribution in [-0.2, 0) is 0 Å². The van der Waals surface area contributed by atoms with Crippen molar-refractivity contribution in [1.29, 1.82) is 0 Å². The van der Waals surface area contributed by atoms with E-state index in [-0.39, 0.29) is 5.91 Å². The molecular weight excluding hydrogens is 266 g/mol. The van der Waals surface area contributed by atoms with Gasteiger partial charge >= 0.3 is 0 Å². The standard InChI is InChI=1S/C16H25N3O2/c1-21-13-6-7-15(17)14(12-13)16(20)18-8-5-11-19-9-3-2-4-10-19/h6-7,12H,2-5,8-11,17H2,1H3,(H,18,20). The third-order valence-electron chi connectivity index (χ3n) is 3.89. The van der Waals surface area contributed by atoms with E-state index in [0.717, 1.165) is 13.0 Å². The van der Waals surface area contributed by atoms with E-state index < -0.39 is 0 Å². The average Bonchev–Trinajstić information content (AvgIpc) is 2.53. The Labute approximate surface area is 126 Å². The lowest BCUT2D eigenvalue weighted by atomic mass is 10.1. The first-order valence-electron chi connectivity index (χ1n) is 7.65. The molecule has 3 N–H and O–H groups in total. The Kier molecular flexibility index (Phi) is 5.87. The predicted molar refractivity (Wildman–Crippen MR) is 84.6 cm³/mol. The van der Waals surface area contributed by atoms with E-state index in [4.69, 9.17) is 10.5 Å². The Morgan fingerprint density at radius 2 is 2.10 bits per heavy atom. The van der Waals surface area contributed by atoms with E-state index in [1.807, 2.05) is 0 Å². The van der Waals surface area contributed by atoms with Gasteiger partial charge in [-0.3, -0.25) is 4.79 Å². The maximum Gasteiger partial charge on any atom is 0.253 e. The van der Waals surface area contributed by atoms with Crippen LogP contribution in [0.15, 0.2) is 18.2 Å². The second kappa shape index (κ2) is 7.88. The van der Waals surface area contributed by atoms with Crippen LogP contribution < -0.4 is 15.8 Å². The summed E-state index contributed by atoms with van der Waals surface area (Å²) in [6, 6.07) is 5.12. The number of methoxy groups -OCH3 is 1. The summed E-state index contributed by atoms with van der Waals surface area (Å²) in [6.45, 7) is 4.10. The molecule has 0 saturated carbocycles. The van der Waals surface area contributed by atoms with Gasteiger partial charge in [0.25, 0.3) is 5.91 Å². The number of carbonyl (C=O) groups excluding carboxylic acids is 1. The second-order valence-electron chi connectivity index (χ2n) is 5.46. The molecular formula is C16H25N3O2. The number of carbonyl (C=O) groups is 1. The second-order valence-corrected chi connectivity index (χ2v) is 5.46. The molecule has 0 aliphatic carbocycles. The Bertz CT molecular complexity index is 471. The molecule has 0 radical (unpaired) electrons. The highest BCUT2D eigenvalue weighted by Crippen LogP contribution is 2.19. The van der Waals surface area contributed by atoms with Crippen molar-refractivity contribution in [3.8, 4) is 5.75 Å². The number of ether oxygens (including phenoxy) is 1. The molecule has 0 aromatic heterocycles. The van der Waals surface area contributed by atoms with Crippen LogP contribution >= 0.6 is 0 Å². The smallest absolute Gasteiger partial charge is 0.253 e. The van der Waals surface area contributed by atoms with E-state index in [1.54, 1.807) is 25.3 Å². The average molecular weight is 291 g/mol. The van der Waals surface area contributed by atoms with Crippen molar-refractivity contribution >= 4 is 11.6 Å². The molecule has 1 saturated heterocycles. The predicted octanol–water partition coefficient (Wildman–Crippen LogP) is 1.88. The number of benzene rings is 1. The highest BCUT2D eigenvalue weighted by Gasteiger charge is 2.12. The fourth-order valence-corrected chi connectivity index (χ4v) is 2.64. The van der Waals surface area contributed by atoms with Crippen LogP contribution in [0.1, 0.15) is 36.0 Å². The topological polar surface area (TPSA) is 67.6 Å². The maximum absolute atomic E-state index is 12.1. The minimum Gasteiger partial charge on any atom is -0.497 e. The molecule has 1 fully saturated rings. The molecule has 1 amide bonds. The lowest BCUT2D eigenvalue weighted by molar-refractivity contribution is 0.0951. The van der Waals surface area contributed by atoms with Gasteiger partial charge in [-0.1, -0.05) is 6.42 Å². The lowest BCUT2D eigenvalue weighted by Crippen LogP contribution is -2.33. The van der Waals surface area contributed by atoms with Crippen LogP contribution in [0.4, 0.5) is 5.69 Å². The molecule has 5 heteroatoms. The molecule has 5 nitrogen and oxygen atoms in total. The molecule has 0 spiro atoms. The summed E-state index contributed by atoms with van der Waals surface area (Å²) in [6.07, 6.45) is 4.91. The Morgan fingerprint density at radius 3 is 2.81 bits per heavy atom. The number of hydrogen-bond acceptors (Lipinski definition) is 4. The third kappa shape index (κ3) is 4.63. The Morgan fingerprint density at radius 1 is 1.33 bits per heavy atom. The first-order chi connectivity index (χ1) is 10.2. The third-order valence-corrected chi connectivity index (χ3v) is 3.89. The number of nitrogens with two attached hydrogens (primary N) is 1. The van der Waals surface area contributed by atoms with Crippen LogP contribution in [0.5, 0.6) is 5.75 Å². The molecule has 0 atom stereocenters. The summed E-state index contributed by atoms with van der Waals surface area (Å²) < 4.78 is 5.12. The van der Waals surface area contributed by atoms with Gasteiger partial charge in [0.1, 0.15) is 5.75 Å². The highest BCUT2D eigenvalue weighted by molar-refractivity contribution is 5.99. The number of anilines is 1. The summed E-state index contributed by atoms with van der Waals surface area (Å²) in [5, 5.41) is 2.93. The Balaban J connectivity index is 1.76. The van der Waals surface area contributed by atoms with Crippen molar-refractivity contribution < 1.29 is 9.53 Å². The number of nitrogens with zero attached hydrogens (tertiary/aromatic N) is 1. The van der Waals surface area contributed by atoms with Gasteiger partial charge in [-0.2, -0.15) is 0 Å². The first kappa shape index (κ1) is 15.6. The SMILES string of the molecule is COc1ccc(N)c(C(=O)NCCCN2CCCCC2)c1. The van der Waals surface area contributed by atoms with E-state index >= 15 is 0 Å². The molecule has 0 unspecified atom stereocenters. The number of likely N-dealkylation sites (tertiary alicyclic amines) is 1. The van der Waals surface area contributed by atoms with Gasteiger partial charge in [0.05, 0.1) is 12.7 Å². The minimum atomic E-state index is -0.134. The first-order valence-corrected chi connectivity index (χ1v) is 7.65. The minimum absolute atomic E-state index is 0.134. The van der Waals surface area contributed by atoms with Gasteiger partial charge in [0.15, 0.2) is 0 Å². The normalized spacial score (nSPS) is 15.7. The summed E-state index contributed by atoms with van der Waals surface area (Å²) in [7, 11) is 1.58. The van der Waals surface area contributed by atoms with Crippen molar-refractivity contribution in [2.45, 2.75) is 25.7 Å². The van der Waals surface area contributed by atoms with Crippen LogP contribution in [0.2, 0.25) is 0 Å². The molecule has 1 aliphatic heterocycles. The number of rotatable bonds is 6. The zero-order valence-corrected chi connectivity index (χ0v) is 12.7. The number of amides is 1. The summed E-state index contributed by atoms with van der Waals surface area (Å²) in [4.78, 5) is 14.6. The van der Waals surface area contributed by atoms with Gasteiger partial charge in [-0.15, -0.1) is 0 Å². The van der Waals surface area contributed by atoms with Gasteiger partial charge in [0.2, 0.25) is 0 Å². The zero-order valence-electron chi connectivity index (χ0n) is 12.7. The largest absolute Gasteiger partial charge is 0.497 e. The van der Waals surface area contributed by atoms with Gasteiger partial charge in [0, 0.05) is 12.2 Å². The fraction of sp³-hybridized carbons (Fsp3) is 0.562. The number of piperidine rings is 1. The quantitative estimate of drug-likeness (QED) is 0.620. The van der Waals surface area contributed by atoms with Crippen LogP contribution in [0.3, 0.4) is 0 Å². The summed E-state index contributed by atoms with van der Waals surface area (Å²) in [5.41, 5.74) is 6.80. The molecule has 1 aromatic rings. The summed E-state index contributed by atoms with van der Waals surface area (Å²) in [5.74, 6) is 0.507. The number of nitrogen functional groups attached to an aromatic ring is 1. The van der Waals surface area contributed by atoms with Crippen molar-refractivity contribution in [1.82, 2.24) is 10.2 Å². The van der Waals surface area contributed by atoms with E-state index in [9.17, 15) is 4.79 Å². The monoisotopic (exact) mass is 291 g/mol. The van der Waals surface area contributed by atoms with Crippen molar-refractivity contribution in [3.63, 3.8) is 0 Å². The molecule has 21 heavy (non-hydrogen) atoms. The molecule has 0 bridgehead atoms. The van der Waals surface area contributed by atoms with Crippen molar-refractivity contribution in [2.24, 2.45) is 0 Å². The molecule has 116 valence electrons. The molecule has 1 aliphatic rings. The van der Waals surface area contributed by atoms with E-state index in [1.165, 1.54) is 32.4 Å². The molecule has 2 rings (SSSR count). The molecule has 1 heterocycles. The van der Waals surface area contributed by atoms with E-state index in [2.05, 4.69) is 10.2 Å². The molecule has 1 aromatic carbocycles. The van der Waals surface area contributed by atoms with Crippen LogP contribution in [0, 0.1) is 0 Å². The van der Waals surface area contributed by atoms with Gasteiger partial charge in [-0.05, 0) is 57.1 Å². The fourth-order valence-electron chi connectivity index (χ4n) is 2.64. The lowest BCUT2D eigenvalue weighted by Gasteiger charge is -2.26. The van der Waals surface area contributed by atoms with Gasteiger partial charge in [-0.25, -0.2) is 0 Å². The van der Waals surface area contributed by atoms with Gasteiger partial charge < -0.3 is 20.7 Å². The van der Waals surface area contributed by atoms with E-state index in [0.29, 0.717) is 23.5 Å². The Hall–Kier alpha value is -1.75. The van der Waals surface area contributed by atoms with Crippen LogP contribution in [-0.4, -0.2) is 44.1 Å². The number of nitrogens with one attached hydrogen (secondary N) is 1. The highest BCUT2D eigenvalue weighted by atomic mass is 16.5. The zero-order chi connectivity index (χ0) is 15.1. The maximum atomic E-state index is 12.1.